The van der Waals surface area contributed by atoms with Crippen molar-refractivity contribution in [2.75, 3.05) is 13.2 Å². The molecule has 0 spiro atoms. The summed E-state index contributed by atoms with van der Waals surface area (Å²) >= 11 is 0. The van der Waals surface area contributed by atoms with E-state index < -0.39 is 0 Å². The van der Waals surface area contributed by atoms with Gasteiger partial charge in [0.05, 0.1) is 6.04 Å². The van der Waals surface area contributed by atoms with E-state index in [1.807, 2.05) is 6.92 Å². The minimum atomic E-state index is 0.140. The SMILES string of the molecule is Cc1noc(C(NC2CCCC2Cc2ccccc2)C2CCOCC2)n1. The molecular weight excluding hydrogens is 326 g/mol. The predicted molar refractivity (Wildman–Crippen MR) is 99.7 cm³/mol. The predicted octanol–water partition coefficient (Wildman–Crippen LogP) is 3.85. The minimum Gasteiger partial charge on any atom is -0.381 e. The van der Waals surface area contributed by atoms with Gasteiger partial charge in [0.15, 0.2) is 5.82 Å². The van der Waals surface area contributed by atoms with Gasteiger partial charge < -0.3 is 14.6 Å². The molecule has 0 amide bonds. The van der Waals surface area contributed by atoms with E-state index >= 15 is 0 Å². The average Bonchev–Trinajstić information content (AvgIpc) is 3.30. The molecule has 5 heteroatoms. The highest BCUT2D eigenvalue weighted by molar-refractivity contribution is 5.16. The number of benzene rings is 1. The van der Waals surface area contributed by atoms with Crippen LogP contribution in [0.1, 0.15) is 55.4 Å². The van der Waals surface area contributed by atoms with Gasteiger partial charge in [-0.1, -0.05) is 41.9 Å². The summed E-state index contributed by atoms with van der Waals surface area (Å²) in [6.07, 6.45) is 7.05. The number of hydrogen-bond acceptors (Lipinski definition) is 5. The first-order valence-electron chi connectivity index (χ1n) is 9.97. The maximum Gasteiger partial charge on any atom is 0.244 e. The van der Waals surface area contributed by atoms with Crippen molar-refractivity contribution < 1.29 is 9.26 Å². The zero-order chi connectivity index (χ0) is 17.8. The monoisotopic (exact) mass is 355 g/mol. The van der Waals surface area contributed by atoms with Crippen molar-refractivity contribution in [1.29, 1.82) is 0 Å². The molecule has 1 aromatic carbocycles. The fourth-order valence-corrected chi connectivity index (χ4v) is 4.55. The molecule has 0 radical (unpaired) electrons. The molecule has 1 N–H and O–H groups in total. The van der Waals surface area contributed by atoms with Crippen molar-refractivity contribution in [1.82, 2.24) is 15.5 Å². The first kappa shape index (κ1) is 17.7. The maximum absolute atomic E-state index is 5.58. The van der Waals surface area contributed by atoms with Gasteiger partial charge >= 0.3 is 0 Å². The van der Waals surface area contributed by atoms with Crippen LogP contribution in [0, 0.1) is 18.8 Å². The second-order valence-corrected chi connectivity index (χ2v) is 7.76. The first-order chi connectivity index (χ1) is 12.8. The molecule has 2 aromatic rings. The Balaban J connectivity index is 1.48. The topological polar surface area (TPSA) is 60.2 Å². The summed E-state index contributed by atoms with van der Waals surface area (Å²) < 4.78 is 11.1. The van der Waals surface area contributed by atoms with Crippen molar-refractivity contribution >= 4 is 0 Å². The Hall–Kier alpha value is -1.72. The Kier molecular flexibility index (Phi) is 5.65. The third kappa shape index (κ3) is 4.15. The average molecular weight is 355 g/mol. The number of aryl methyl sites for hydroxylation is 1. The number of nitrogens with one attached hydrogen (secondary N) is 1. The molecule has 3 atom stereocenters. The number of hydrogen-bond donors (Lipinski definition) is 1. The van der Waals surface area contributed by atoms with Crippen LogP contribution in [0.4, 0.5) is 0 Å². The number of aromatic nitrogens is 2. The van der Waals surface area contributed by atoms with Gasteiger partial charge in [-0.25, -0.2) is 0 Å². The smallest absolute Gasteiger partial charge is 0.244 e. The molecule has 1 aliphatic heterocycles. The molecular formula is C21H29N3O2. The van der Waals surface area contributed by atoms with E-state index in [0.29, 0.717) is 23.7 Å². The Morgan fingerprint density at radius 3 is 2.65 bits per heavy atom. The highest BCUT2D eigenvalue weighted by Crippen LogP contribution is 2.35. The molecule has 1 aliphatic carbocycles. The lowest BCUT2D eigenvalue weighted by Gasteiger charge is -2.32. The summed E-state index contributed by atoms with van der Waals surface area (Å²) in [6.45, 7) is 3.55. The van der Waals surface area contributed by atoms with E-state index in [2.05, 4.69) is 45.8 Å². The summed E-state index contributed by atoms with van der Waals surface area (Å²) in [5, 5.41) is 7.97. The Morgan fingerprint density at radius 2 is 1.92 bits per heavy atom. The van der Waals surface area contributed by atoms with E-state index in [0.717, 1.165) is 38.4 Å². The van der Waals surface area contributed by atoms with Gasteiger partial charge in [0.1, 0.15) is 0 Å². The third-order valence-electron chi connectivity index (χ3n) is 5.94. The van der Waals surface area contributed by atoms with E-state index in [1.165, 1.54) is 24.8 Å². The Labute approximate surface area is 155 Å². The van der Waals surface area contributed by atoms with Crippen LogP contribution in [0.5, 0.6) is 0 Å². The molecule has 2 heterocycles. The van der Waals surface area contributed by atoms with Crippen molar-refractivity contribution in [3.05, 3.63) is 47.6 Å². The fraction of sp³-hybridized carbons (Fsp3) is 0.619. The minimum absolute atomic E-state index is 0.140. The van der Waals surface area contributed by atoms with Gasteiger partial charge in [-0.15, -0.1) is 0 Å². The lowest BCUT2D eigenvalue weighted by Crippen LogP contribution is -2.41. The zero-order valence-electron chi connectivity index (χ0n) is 15.6. The summed E-state index contributed by atoms with van der Waals surface area (Å²) in [5.41, 5.74) is 1.43. The van der Waals surface area contributed by atoms with Gasteiger partial charge in [-0.05, 0) is 56.4 Å². The molecule has 140 valence electrons. The summed E-state index contributed by atoms with van der Waals surface area (Å²) in [6, 6.07) is 11.5. The summed E-state index contributed by atoms with van der Waals surface area (Å²) in [4.78, 5) is 4.56. The molecule has 2 aliphatic rings. The van der Waals surface area contributed by atoms with Crippen molar-refractivity contribution in [2.45, 2.75) is 57.5 Å². The van der Waals surface area contributed by atoms with Gasteiger partial charge in [0.2, 0.25) is 5.89 Å². The third-order valence-corrected chi connectivity index (χ3v) is 5.94. The summed E-state index contributed by atoms with van der Waals surface area (Å²) in [5.74, 6) is 2.64. The van der Waals surface area contributed by atoms with Crippen LogP contribution in [-0.4, -0.2) is 29.4 Å². The molecule has 1 saturated carbocycles. The molecule has 2 fully saturated rings. The number of ether oxygens (including phenoxy) is 1. The second kappa shape index (κ2) is 8.31. The molecule has 5 nitrogen and oxygen atoms in total. The first-order valence-corrected chi connectivity index (χ1v) is 9.97. The number of rotatable bonds is 6. The molecule has 0 bridgehead atoms. The van der Waals surface area contributed by atoms with Gasteiger partial charge in [-0.2, -0.15) is 4.98 Å². The van der Waals surface area contributed by atoms with E-state index in [1.54, 1.807) is 0 Å². The van der Waals surface area contributed by atoms with Crippen LogP contribution in [0.15, 0.2) is 34.9 Å². The molecule has 4 rings (SSSR count). The van der Waals surface area contributed by atoms with E-state index in [4.69, 9.17) is 9.26 Å². The highest BCUT2D eigenvalue weighted by atomic mass is 16.5. The number of nitrogens with zero attached hydrogens (tertiary/aromatic N) is 2. The fourth-order valence-electron chi connectivity index (χ4n) is 4.55. The largest absolute Gasteiger partial charge is 0.381 e. The van der Waals surface area contributed by atoms with Crippen molar-refractivity contribution in [3.8, 4) is 0 Å². The second-order valence-electron chi connectivity index (χ2n) is 7.76. The standard InChI is InChI=1S/C21H29N3O2/c1-15-22-21(26-24-15)20(17-10-12-25-13-11-17)23-19-9-5-8-18(19)14-16-6-3-2-4-7-16/h2-4,6-7,17-20,23H,5,8-14H2,1H3. The van der Waals surface area contributed by atoms with Crippen LogP contribution < -0.4 is 5.32 Å². The van der Waals surface area contributed by atoms with Gasteiger partial charge in [0, 0.05) is 19.3 Å². The van der Waals surface area contributed by atoms with Gasteiger partial charge in [0.25, 0.3) is 0 Å². The normalized spacial score (nSPS) is 25.4. The van der Waals surface area contributed by atoms with E-state index in [9.17, 15) is 0 Å². The summed E-state index contributed by atoms with van der Waals surface area (Å²) in [7, 11) is 0. The van der Waals surface area contributed by atoms with Crippen LogP contribution in [0.2, 0.25) is 0 Å². The Morgan fingerprint density at radius 1 is 1.12 bits per heavy atom. The van der Waals surface area contributed by atoms with Crippen LogP contribution in [-0.2, 0) is 11.2 Å². The van der Waals surface area contributed by atoms with Crippen LogP contribution in [0.25, 0.3) is 0 Å². The van der Waals surface area contributed by atoms with Crippen LogP contribution >= 0.6 is 0 Å². The molecule has 26 heavy (non-hydrogen) atoms. The van der Waals surface area contributed by atoms with Crippen molar-refractivity contribution in [2.24, 2.45) is 11.8 Å². The lowest BCUT2D eigenvalue weighted by molar-refractivity contribution is 0.0457. The lowest BCUT2D eigenvalue weighted by atomic mass is 9.88. The maximum atomic E-state index is 5.58. The quantitative estimate of drug-likeness (QED) is 0.853. The Bertz CT molecular complexity index is 682. The zero-order valence-corrected chi connectivity index (χ0v) is 15.6. The molecule has 1 saturated heterocycles. The molecule has 1 aromatic heterocycles. The van der Waals surface area contributed by atoms with E-state index in [-0.39, 0.29) is 6.04 Å². The van der Waals surface area contributed by atoms with Crippen molar-refractivity contribution in [3.63, 3.8) is 0 Å². The van der Waals surface area contributed by atoms with Gasteiger partial charge in [-0.3, -0.25) is 0 Å². The van der Waals surface area contributed by atoms with Crippen LogP contribution in [0.3, 0.4) is 0 Å². The highest BCUT2D eigenvalue weighted by Gasteiger charge is 2.35. The molecule has 3 unspecified atom stereocenters.